The average Bonchev–Trinajstić information content (AvgIpc) is 2.50. The van der Waals surface area contributed by atoms with Crippen LogP contribution in [0.4, 0.5) is 0 Å². The minimum Gasteiger partial charge on any atom is -0.478 e. The number of carboxylic acid groups (broad SMARTS) is 1. The first kappa shape index (κ1) is 17.1. The molecule has 0 spiro atoms. The molecule has 0 radical (unpaired) electrons. The van der Waals surface area contributed by atoms with Gasteiger partial charge in [0.25, 0.3) is 0 Å². The fourth-order valence-electron chi connectivity index (χ4n) is 2.11. The topological polar surface area (TPSA) is 87.6 Å². The molecule has 0 amide bonds. The first-order valence-corrected chi connectivity index (χ1v) is 8.37. The Morgan fingerprint density at radius 1 is 1.22 bits per heavy atom. The van der Waals surface area contributed by atoms with Gasteiger partial charge in [-0.1, -0.05) is 12.1 Å². The maximum absolute atomic E-state index is 12.7. The van der Waals surface area contributed by atoms with Crippen molar-refractivity contribution in [3.63, 3.8) is 0 Å². The van der Waals surface area contributed by atoms with Gasteiger partial charge >= 0.3 is 5.97 Å². The summed E-state index contributed by atoms with van der Waals surface area (Å²) in [5.41, 5.74) is 2.09. The molecule has 23 heavy (non-hydrogen) atoms. The number of hydrogen-bond acceptors (Lipinski definition) is 4. The van der Waals surface area contributed by atoms with Gasteiger partial charge in [-0.2, -0.15) is 4.31 Å². The van der Waals surface area contributed by atoms with Crippen molar-refractivity contribution in [2.24, 2.45) is 0 Å². The van der Waals surface area contributed by atoms with Gasteiger partial charge in [0.2, 0.25) is 10.0 Å². The molecule has 0 unspecified atom stereocenters. The molecular weight excluding hydrogens is 316 g/mol. The Labute approximate surface area is 135 Å². The summed E-state index contributed by atoms with van der Waals surface area (Å²) >= 11 is 0. The zero-order valence-corrected chi connectivity index (χ0v) is 14.0. The van der Waals surface area contributed by atoms with Crippen LogP contribution in [-0.4, -0.2) is 35.8 Å². The number of aryl methyl sites for hydroxylation is 2. The highest BCUT2D eigenvalue weighted by Crippen LogP contribution is 2.21. The summed E-state index contributed by atoms with van der Waals surface area (Å²) in [6.45, 7) is 3.65. The van der Waals surface area contributed by atoms with E-state index in [1.807, 2.05) is 13.0 Å². The van der Waals surface area contributed by atoms with Crippen LogP contribution in [0.15, 0.2) is 41.4 Å². The monoisotopic (exact) mass is 334 g/mol. The molecule has 1 aromatic heterocycles. The van der Waals surface area contributed by atoms with Crippen LogP contribution < -0.4 is 0 Å². The van der Waals surface area contributed by atoms with E-state index in [1.165, 1.54) is 29.7 Å². The Balaban J connectivity index is 2.26. The first-order valence-electron chi connectivity index (χ1n) is 6.93. The quantitative estimate of drug-likeness (QED) is 0.906. The first-order chi connectivity index (χ1) is 10.7. The summed E-state index contributed by atoms with van der Waals surface area (Å²) in [7, 11) is -2.16. The van der Waals surface area contributed by atoms with Crippen molar-refractivity contribution < 1.29 is 18.3 Å². The second-order valence-electron chi connectivity index (χ2n) is 5.37. The second-order valence-corrected chi connectivity index (χ2v) is 7.39. The van der Waals surface area contributed by atoms with Crippen molar-refractivity contribution >= 4 is 16.0 Å². The highest BCUT2D eigenvalue weighted by Gasteiger charge is 2.23. The molecule has 7 heteroatoms. The average molecular weight is 334 g/mol. The highest BCUT2D eigenvalue weighted by molar-refractivity contribution is 7.89. The molecule has 0 aliphatic carbocycles. The maximum atomic E-state index is 12.7. The molecule has 0 bridgehead atoms. The molecule has 0 fully saturated rings. The van der Waals surface area contributed by atoms with Crippen LogP contribution in [-0.2, 0) is 16.6 Å². The van der Waals surface area contributed by atoms with Crippen molar-refractivity contribution in [1.29, 1.82) is 0 Å². The summed E-state index contributed by atoms with van der Waals surface area (Å²) in [6, 6.07) is 8.19. The molecule has 2 aromatic rings. The predicted molar refractivity (Wildman–Crippen MR) is 85.8 cm³/mol. The second kappa shape index (κ2) is 6.47. The standard InChI is InChI=1S/C16H18N2O4S/c1-11-4-5-12(2)15(8-11)23(21,22)18(3)10-14-7-6-13(9-17-14)16(19)20/h4-9H,10H2,1-3H3,(H,19,20). The van der Waals surface area contributed by atoms with Crippen LogP contribution >= 0.6 is 0 Å². The predicted octanol–water partition coefficient (Wildman–Crippen LogP) is 2.22. The molecular formula is C16H18N2O4S. The largest absolute Gasteiger partial charge is 0.478 e. The van der Waals surface area contributed by atoms with Gasteiger partial charge in [-0.05, 0) is 43.2 Å². The van der Waals surface area contributed by atoms with Crippen molar-refractivity contribution in [2.75, 3.05) is 7.05 Å². The number of pyridine rings is 1. The van der Waals surface area contributed by atoms with Gasteiger partial charge in [0.1, 0.15) is 0 Å². The van der Waals surface area contributed by atoms with Gasteiger partial charge in [0.05, 0.1) is 22.7 Å². The SMILES string of the molecule is Cc1ccc(C)c(S(=O)(=O)N(C)Cc2ccc(C(=O)O)cn2)c1. The van der Waals surface area contributed by atoms with Crippen LogP contribution in [0.3, 0.4) is 0 Å². The molecule has 0 atom stereocenters. The van der Waals surface area contributed by atoms with Crippen LogP contribution in [0, 0.1) is 13.8 Å². The van der Waals surface area contributed by atoms with Crippen LogP contribution in [0.5, 0.6) is 0 Å². The number of carboxylic acids is 1. The van der Waals surface area contributed by atoms with E-state index in [1.54, 1.807) is 19.1 Å². The summed E-state index contributed by atoms with van der Waals surface area (Å²) in [4.78, 5) is 15.1. The molecule has 6 nitrogen and oxygen atoms in total. The zero-order chi connectivity index (χ0) is 17.2. The third-order valence-corrected chi connectivity index (χ3v) is 5.43. The number of nitrogens with zero attached hydrogens (tertiary/aromatic N) is 2. The van der Waals surface area contributed by atoms with Crippen LogP contribution in [0.25, 0.3) is 0 Å². The number of rotatable bonds is 5. The zero-order valence-electron chi connectivity index (χ0n) is 13.1. The minimum atomic E-state index is -3.64. The van der Waals surface area contributed by atoms with E-state index in [2.05, 4.69) is 4.98 Å². The molecule has 122 valence electrons. The molecule has 1 N–H and O–H groups in total. The fourth-order valence-corrected chi connectivity index (χ4v) is 3.56. The van der Waals surface area contributed by atoms with Crippen molar-refractivity contribution in [2.45, 2.75) is 25.3 Å². The summed E-state index contributed by atoms with van der Waals surface area (Å²) in [6.07, 6.45) is 1.22. The molecule has 1 heterocycles. The van der Waals surface area contributed by atoms with E-state index in [-0.39, 0.29) is 17.0 Å². The molecule has 0 saturated carbocycles. The van der Waals surface area contributed by atoms with Crippen LogP contribution in [0.1, 0.15) is 27.2 Å². The Morgan fingerprint density at radius 3 is 2.48 bits per heavy atom. The third-order valence-electron chi connectivity index (χ3n) is 3.49. The van der Waals surface area contributed by atoms with E-state index < -0.39 is 16.0 Å². The van der Waals surface area contributed by atoms with E-state index in [0.717, 1.165) is 5.56 Å². The number of benzene rings is 1. The Hall–Kier alpha value is -2.25. The third kappa shape index (κ3) is 3.75. The Morgan fingerprint density at radius 2 is 1.91 bits per heavy atom. The number of carbonyl (C=O) groups is 1. The normalized spacial score (nSPS) is 11.7. The summed E-state index contributed by atoms with van der Waals surface area (Å²) in [5.74, 6) is -1.07. The smallest absolute Gasteiger partial charge is 0.337 e. The Kier molecular flexibility index (Phi) is 4.82. The Bertz CT molecular complexity index is 830. The van der Waals surface area contributed by atoms with Gasteiger partial charge in [-0.25, -0.2) is 13.2 Å². The molecule has 2 rings (SSSR count). The number of aromatic carboxylic acids is 1. The summed E-state index contributed by atoms with van der Waals surface area (Å²) < 4.78 is 26.6. The van der Waals surface area contributed by atoms with Gasteiger partial charge in [0, 0.05) is 13.2 Å². The highest BCUT2D eigenvalue weighted by atomic mass is 32.2. The maximum Gasteiger partial charge on any atom is 0.337 e. The molecule has 0 saturated heterocycles. The molecule has 1 aromatic carbocycles. The van der Waals surface area contributed by atoms with Gasteiger partial charge in [0.15, 0.2) is 0 Å². The van der Waals surface area contributed by atoms with Gasteiger partial charge < -0.3 is 5.11 Å². The van der Waals surface area contributed by atoms with Gasteiger partial charge in [-0.3, -0.25) is 4.98 Å². The molecule has 0 aliphatic heterocycles. The summed E-state index contributed by atoms with van der Waals surface area (Å²) in [5, 5.41) is 8.85. The van der Waals surface area contributed by atoms with Crippen molar-refractivity contribution in [1.82, 2.24) is 9.29 Å². The lowest BCUT2D eigenvalue weighted by atomic mass is 10.2. The lowest BCUT2D eigenvalue weighted by Crippen LogP contribution is -2.27. The minimum absolute atomic E-state index is 0.0637. The van der Waals surface area contributed by atoms with E-state index in [9.17, 15) is 13.2 Å². The lowest BCUT2D eigenvalue weighted by Gasteiger charge is -2.18. The van der Waals surface area contributed by atoms with Gasteiger partial charge in [-0.15, -0.1) is 0 Å². The van der Waals surface area contributed by atoms with E-state index in [0.29, 0.717) is 11.3 Å². The van der Waals surface area contributed by atoms with E-state index >= 15 is 0 Å². The van der Waals surface area contributed by atoms with Crippen molar-refractivity contribution in [3.05, 3.63) is 58.9 Å². The molecule has 0 aliphatic rings. The van der Waals surface area contributed by atoms with Crippen LogP contribution in [0.2, 0.25) is 0 Å². The number of hydrogen-bond donors (Lipinski definition) is 1. The van der Waals surface area contributed by atoms with Crippen molar-refractivity contribution in [3.8, 4) is 0 Å². The number of sulfonamides is 1. The van der Waals surface area contributed by atoms with E-state index in [4.69, 9.17) is 5.11 Å². The number of aromatic nitrogens is 1. The lowest BCUT2D eigenvalue weighted by molar-refractivity contribution is 0.0696. The fraction of sp³-hybridized carbons (Fsp3) is 0.250.